The Morgan fingerprint density at radius 3 is 2.65 bits per heavy atom. The van der Waals surface area contributed by atoms with Crippen LogP contribution in [0, 0.1) is 11.6 Å². The van der Waals surface area contributed by atoms with Gasteiger partial charge in [0.1, 0.15) is 0 Å². The number of nitrogens with one attached hydrogen (secondary N) is 1. The van der Waals surface area contributed by atoms with Crippen LogP contribution in [0.2, 0.25) is 0 Å². The highest BCUT2D eigenvalue weighted by atomic mass is 19.2. The lowest BCUT2D eigenvalue weighted by molar-refractivity contribution is 0.509. The minimum Gasteiger partial charge on any atom is -0.261 e. The summed E-state index contributed by atoms with van der Waals surface area (Å²) < 4.78 is 26.7. The molecule has 0 amide bonds. The second-order valence-electron chi connectivity index (χ2n) is 5.06. The van der Waals surface area contributed by atoms with Crippen LogP contribution >= 0.6 is 0 Å². The Morgan fingerprint density at radius 2 is 1.78 bits per heavy atom. The summed E-state index contributed by atoms with van der Waals surface area (Å²) in [6, 6.07) is 9.33. The van der Waals surface area contributed by atoms with E-state index in [2.05, 4.69) is 20.2 Å². The number of benzene rings is 1. The van der Waals surface area contributed by atoms with Crippen molar-refractivity contribution in [1.82, 2.24) is 20.2 Å². The molecule has 0 bridgehead atoms. The summed E-state index contributed by atoms with van der Waals surface area (Å²) in [5.41, 5.74) is 3.37. The fourth-order valence-corrected chi connectivity index (χ4v) is 2.50. The number of hydrogen-bond donors (Lipinski definition) is 1. The van der Waals surface area contributed by atoms with Crippen molar-refractivity contribution in [3.8, 4) is 22.4 Å². The van der Waals surface area contributed by atoms with Crippen LogP contribution in [0.25, 0.3) is 33.4 Å². The summed E-state index contributed by atoms with van der Waals surface area (Å²) in [6.45, 7) is 0. The SMILES string of the molecule is Fc1ccc(-c2ncccc2-c2cnc3[nH]ncc3c2)cc1F. The highest BCUT2D eigenvalue weighted by Crippen LogP contribution is 2.31. The number of H-pyrrole nitrogens is 1. The Kier molecular flexibility index (Phi) is 3.08. The lowest BCUT2D eigenvalue weighted by Crippen LogP contribution is -1.92. The molecule has 112 valence electrons. The predicted molar refractivity (Wildman–Crippen MR) is 82.5 cm³/mol. The van der Waals surface area contributed by atoms with Crippen LogP contribution < -0.4 is 0 Å². The van der Waals surface area contributed by atoms with Crippen molar-refractivity contribution in [2.75, 3.05) is 0 Å². The normalized spacial score (nSPS) is 11.0. The largest absolute Gasteiger partial charge is 0.261 e. The zero-order valence-electron chi connectivity index (χ0n) is 11.8. The molecule has 1 aromatic carbocycles. The third kappa shape index (κ3) is 2.34. The van der Waals surface area contributed by atoms with Crippen LogP contribution in [0.4, 0.5) is 8.78 Å². The summed E-state index contributed by atoms with van der Waals surface area (Å²) in [4.78, 5) is 8.63. The van der Waals surface area contributed by atoms with Gasteiger partial charge in [-0.25, -0.2) is 13.8 Å². The smallest absolute Gasteiger partial charge is 0.159 e. The van der Waals surface area contributed by atoms with Gasteiger partial charge < -0.3 is 0 Å². The average molecular weight is 308 g/mol. The van der Waals surface area contributed by atoms with Crippen molar-refractivity contribution in [3.05, 3.63) is 66.6 Å². The molecule has 1 N–H and O–H groups in total. The Hall–Kier alpha value is -3.15. The lowest BCUT2D eigenvalue weighted by atomic mass is 10.00. The van der Waals surface area contributed by atoms with Gasteiger partial charge in [0.05, 0.1) is 11.9 Å². The van der Waals surface area contributed by atoms with E-state index in [1.54, 1.807) is 24.7 Å². The quantitative estimate of drug-likeness (QED) is 0.609. The van der Waals surface area contributed by atoms with Crippen molar-refractivity contribution in [2.45, 2.75) is 0 Å². The third-order valence-electron chi connectivity index (χ3n) is 3.60. The lowest BCUT2D eigenvalue weighted by Gasteiger charge is -2.09. The average Bonchev–Trinajstić information content (AvgIpc) is 3.05. The van der Waals surface area contributed by atoms with Gasteiger partial charge in [-0.1, -0.05) is 6.07 Å². The van der Waals surface area contributed by atoms with Gasteiger partial charge in [0.2, 0.25) is 0 Å². The van der Waals surface area contributed by atoms with Gasteiger partial charge >= 0.3 is 0 Å². The summed E-state index contributed by atoms with van der Waals surface area (Å²) >= 11 is 0. The van der Waals surface area contributed by atoms with Crippen LogP contribution in [0.3, 0.4) is 0 Å². The molecule has 0 aliphatic rings. The topological polar surface area (TPSA) is 54.5 Å². The van der Waals surface area contributed by atoms with E-state index in [1.807, 2.05) is 12.1 Å². The van der Waals surface area contributed by atoms with E-state index in [1.165, 1.54) is 6.07 Å². The molecule has 0 saturated heterocycles. The number of rotatable bonds is 2. The van der Waals surface area contributed by atoms with E-state index >= 15 is 0 Å². The van der Waals surface area contributed by atoms with Gasteiger partial charge in [-0.2, -0.15) is 5.10 Å². The van der Waals surface area contributed by atoms with Gasteiger partial charge in [-0.05, 0) is 30.3 Å². The Bertz CT molecular complexity index is 1010. The molecule has 0 spiro atoms. The van der Waals surface area contributed by atoms with Crippen LogP contribution in [-0.4, -0.2) is 20.2 Å². The molecule has 0 unspecified atom stereocenters. The number of halogens is 2. The Labute approximate surface area is 129 Å². The van der Waals surface area contributed by atoms with Crippen LogP contribution in [0.1, 0.15) is 0 Å². The first-order valence-electron chi connectivity index (χ1n) is 6.92. The minimum absolute atomic E-state index is 0.506. The zero-order chi connectivity index (χ0) is 15.8. The van der Waals surface area contributed by atoms with Crippen LogP contribution in [0.5, 0.6) is 0 Å². The van der Waals surface area contributed by atoms with E-state index in [0.717, 1.165) is 28.6 Å². The molecule has 0 aliphatic carbocycles. The number of pyridine rings is 2. The standard InChI is InChI=1S/C17H10F2N4/c18-14-4-3-10(7-15(14)19)16-13(2-1-5-20-16)11-6-12-9-22-23-17(12)21-8-11/h1-9H,(H,21,22,23). The van der Waals surface area contributed by atoms with Crippen molar-refractivity contribution < 1.29 is 8.78 Å². The maximum atomic E-state index is 13.5. The number of aromatic amines is 1. The van der Waals surface area contributed by atoms with Crippen LogP contribution in [-0.2, 0) is 0 Å². The Balaban J connectivity index is 1.90. The molecular weight excluding hydrogens is 298 g/mol. The van der Waals surface area contributed by atoms with Crippen molar-refractivity contribution in [3.63, 3.8) is 0 Å². The molecule has 4 aromatic rings. The summed E-state index contributed by atoms with van der Waals surface area (Å²) in [6.07, 6.45) is 4.99. The fourth-order valence-electron chi connectivity index (χ4n) is 2.50. The van der Waals surface area contributed by atoms with Gasteiger partial charge in [0, 0.05) is 34.5 Å². The number of aromatic nitrogens is 4. The molecule has 0 aliphatic heterocycles. The number of nitrogens with zero attached hydrogens (tertiary/aromatic N) is 3. The summed E-state index contributed by atoms with van der Waals surface area (Å²) in [7, 11) is 0. The maximum absolute atomic E-state index is 13.5. The van der Waals surface area contributed by atoms with E-state index in [9.17, 15) is 8.78 Å². The molecule has 0 saturated carbocycles. The van der Waals surface area contributed by atoms with Gasteiger partial charge in [-0.3, -0.25) is 10.1 Å². The van der Waals surface area contributed by atoms with E-state index in [4.69, 9.17) is 0 Å². The molecule has 23 heavy (non-hydrogen) atoms. The van der Waals surface area contributed by atoms with Crippen molar-refractivity contribution in [1.29, 1.82) is 0 Å². The first-order chi connectivity index (χ1) is 11.2. The van der Waals surface area contributed by atoms with E-state index in [-0.39, 0.29) is 0 Å². The van der Waals surface area contributed by atoms with E-state index in [0.29, 0.717) is 16.9 Å². The molecule has 6 heteroatoms. The second-order valence-corrected chi connectivity index (χ2v) is 5.06. The Morgan fingerprint density at radius 1 is 0.870 bits per heavy atom. The highest BCUT2D eigenvalue weighted by Gasteiger charge is 2.12. The predicted octanol–water partition coefficient (Wildman–Crippen LogP) is 3.97. The monoisotopic (exact) mass is 308 g/mol. The van der Waals surface area contributed by atoms with E-state index < -0.39 is 11.6 Å². The maximum Gasteiger partial charge on any atom is 0.159 e. The molecule has 3 aromatic heterocycles. The molecule has 3 heterocycles. The van der Waals surface area contributed by atoms with Crippen molar-refractivity contribution >= 4 is 11.0 Å². The van der Waals surface area contributed by atoms with Crippen LogP contribution in [0.15, 0.2) is 55.0 Å². The second kappa shape index (κ2) is 5.24. The molecule has 4 rings (SSSR count). The minimum atomic E-state index is -0.900. The van der Waals surface area contributed by atoms with Gasteiger partial charge in [-0.15, -0.1) is 0 Å². The van der Waals surface area contributed by atoms with Crippen molar-refractivity contribution in [2.24, 2.45) is 0 Å². The fraction of sp³-hybridized carbons (Fsp3) is 0. The highest BCUT2D eigenvalue weighted by molar-refractivity contribution is 5.85. The molecule has 0 fully saturated rings. The summed E-state index contributed by atoms with van der Waals surface area (Å²) in [5.74, 6) is -1.78. The number of fused-ring (bicyclic) bond motifs is 1. The summed E-state index contributed by atoms with van der Waals surface area (Å²) in [5, 5.41) is 7.60. The molecular formula is C17H10F2N4. The third-order valence-corrected chi connectivity index (χ3v) is 3.60. The van der Waals surface area contributed by atoms with Gasteiger partial charge in [0.15, 0.2) is 17.3 Å². The zero-order valence-corrected chi connectivity index (χ0v) is 11.8. The van der Waals surface area contributed by atoms with Gasteiger partial charge in [0.25, 0.3) is 0 Å². The number of hydrogen-bond acceptors (Lipinski definition) is 3. The first-order valence-corrected chi connectivity index (χ1v) is 6.92. The molecule has 0 radical (unpaired) electrons. The first kappa shape index (κ1) is 13.5. The molecule has 0 atom stereocenters. The molecule has 4 nitrogen and oxygen atoms in total.